The summed E-state index contributed by atoms with van der Waals surface area (Å²) in [5.74, 6) is -0.0441. The molecule has 0 saturated heterocycles. The highest BCUT2D eigenvalue weighted by atomic mass is 32.2. The fourth-order valence-electron chi connectivity index (χ4n) is 3.28. The van der Waals surface area contributed by atoms with Crippen molar-refractivity contribution < 1.29 is 26.8 Å². The number of hydrogen-bond donors (Lipinski definition) is 2. The Balaban J connectivity index is 1.80. The van der Waals surface area contributed by atoms with E-state index in [1.165, 1.54) is 12.1 Å². The lowest BCUT2D eigenvalue weighted by Gasteiger charge is -2.14. The molecule has 1 amide bonds. The minimum absolute atomic E-state index is 0.0932. The van der Waals surface area contributed by atoms with Crippen molar-refractivity contribution in [1.29, 1.82) is 0 Å². The molecular weight excluding hydrogens is 413 g/mol. The van der Waals surface area contributed by atoms with Gasteiger partial charge in [-0.3, -0.25) is 4.79 Å². The molecule has 0 unspecified atom stereocenters. The standard InChI is InChI=1S/C20H24FN3O5S/c1-13-18-16(23-24-30(26,27)15-9-7-14(21)8-10-15)5-3-6-17(18)29-19(13)20(25)22-11-4-12-28-2/h7-10,24H,3-6,11-12H2,1-2H3,(H,22,25)/b23-16+. The van der Waals surface area contributed by atoms with Gasteiger partial charge in [0.15, 0.2) is 5.76 Å². The van der Waals surface area contributed by atoms with Crippen LogP contribution in [-0.2, 0) is 21.2 Å². The normalized spacial score (nSPS) is 15.1. The van der Waals surface area contributed by atoms with Crippen molar-refractivity contribution in [2.45, 2.75) is 37.5 Å². The molecule has 1 aliphatic rings. The molecule has 2 N–H and O–H groups in total. The molecule has 0 fully saturated rings. The Morgan fingerprint density at radius 3 is 2.70 bits per heavy atom. The molecule has 30 heavy (non-hydrogen) atoms. The summed E-state index contributed by atoms with van der Waals surface area (Å²) in [5.41, 5.74) is 1.78. The Morgan fingerprint density at radius 2 is 2.00 bits per heavy atom. The topological polar surface area (TPSA) is 110 Å². The number of halogens is 1. The predicted molar refractivity (Wildman–Crippen MR) is 108 cm³/mol. The molecule has 0 radical (unpaired) electrons. The van der Waals surface area contributed by atoms with Crippen molar-refractivity contribution in [3.05, 3.63) is 52.7 Å². The van der Waals surface area contributed by atoms with E-state index in [-0.39, 0.29) is 16.6 Å². The molecule has 0 aliphatic heterocycles. The Bertz CT molecular complexity index is 1050. The number of carbonyl (C=O) groups excluding carboxylic acids is 1. The molecule has 162 valence electrons. The van der Waals surface area contributed by atoms with E-state index in [9.17, 15) is 17.6 Å². The molecule has 10 heteroatoms. The largest absolute Gasteiger partial charge is 0.455 e. The highest BCUT2D eigenvalue weighted by Gasteiger charge is 2.28. The maximum atomic E-state index is 13.1. The number of ether oxygens (including phenoxy) is 1. The molecular formula is C20H24FN3O5S. The minimum atomic E-state index is -3.94. The fourth-order valence-corrected chi connectivity index (χ4v) is 4.11. The Morgan fingerprint density at radius 1 is 1.27 bits per heavy atom. The van der Waals surface area contributed by atoms with Gasteiger partial charge in [0.05, 0.1) is 10.6 Å². The molecule has 2 aromatic rings. The van der Waals surface area contributed by atoms with Gasteiger partial charge in [0.25, 0.3) is 15.9 Å². The van der Waals surface area contributed by atoms with Gasteiger partial charge in [0.1, 0.15) is 11.6 Å². The average Bonchev–Trinajstić information content (AvgIpc) is 3.07. The maximum absolute atomic E-state index is 13.1. The summed E-state index contributed by atoms with van der Waals surface area (Å²) in [5, 5.41) is 6.88. The van der Waals surface area contributed by atoms with Crippen LogP contribution in [0.1, 0.15) is 46.7 Å². The molecule has 0 bridgehead atoms. The van der Waals surface area contributed by atoms with Gasteiger partial charge in [-0.25, -0.2) is 4.39 Å². The summed E-state index contributed by atoms with van der Waals surface area (Å²) < 4.78 is 48.6. The van der Waals surface area contributed by atoms with Crippen LogP contribution in [0, 0.1) is 12.7 Å². The Kier molecular flexibility index (Phi) is 6.88. The van der Waals surface area contributed by atoms with Crippen LogP contribution in [0.3, 0.4) is 0 Å². The molecule has 0 atom stereocenters. The lowest BCUT2D eigenvalue weighted by Crippen LogP contribution is -2.25. The smallest absolute Gasteiger partial charge is 0.287 e. The number of amides is 1. The van der Waals surface area contributed by atoms with Crippen molar-refractivity contribution in [2.75, 3.05) is 20.3 Å². The number of carbonyl (C=O) groups is 1. The van der Waals surface area contributed by atoms with Crippen molar-refractivity contribution >= 4 is 21.6 Å². The number of rotatable bonds is 8. The van der Waals surface area contributed by atoms with Crippen molar-refractivity contribution in [1.82, 2.24) is 10.1 Å². The highest BCUT2D eigenvalue weighted by molar-refractivity contribution is 7.89. The molecule has 0 saturated carbocycles. The number of nitrogens with one attached hydrogen (secondary N) is 2. The predicted octanol–water partition coefficient (Wildman–Crippen LogP) is 2.51. The molecule has 1 aromatic carbocycles. The number of methoxy groups -OCH3 is 1. The molecule has 0 spiro atoms. The number of aryl methyl sites for hydroxylation is 1. The van der Waals surface area contributed by atoms with E-state index < -0.39 is 15.8 Å². The second-order valence-electron chi connectivity index (χ2n) is 6.92. The zero-order chi connectivity index (χ0) is 21.7. The summed E-state index contributed by atoms with van der Waals surface area (Å²) >= 11 is 0. The first-order chi connectivity index (χ1) is 14.3. The van der Waals surface area contributed by atoms with Crippen LogP contribution in [0.25, 0.3) is 0 Å². The van der Waals surface area contributed by atoms with Crippen LogP contribution in [0.4, 0.5) is 4.39 Å². The van der Waals surface area contributed by atoms with E-state index in [0.29, 0.717) is 61.4 Å². The molecule has 1 aliphatic carbocycles. The Hall–Kier alpha value is -2.72. The first-order valence-corrected chi connectivity index (χ1v) is 11.1. The van der Waals surface area contributed by atoms with Crippen molar-refractivity contribution in [2.24, 2.45) is 5.10 Å². The van der Waals surface area contributed by atoms with Crippen molar-refractivity contribution in [3.63, 3.8) is 0 Å². The number of hydrogen-bond acceptors (Lipinski definition) is 6. The highest BCUT2D eigenvalue weighted by Crippen LogP contribution is 2.30. The van der Waals surface area contributed by atoms with E-state index >= 15 is 0 Å². The van der Waals surface area contributed by atoms with Crippen LogP contribution < -0.4 is 10.1 Å². The van der Waals surface area contributed by atoms with Crippen LogP contribution >= 0.6 is 0 Å². The lowest BCUT2D eigenvalue weighted by molar-refractivity contribution is 0.0918. The lowest BCUT2D eigenvalue weighted by atomic mass is 9.93. The summed E-state index contributed by atoms with van der Waals surface area (Å²) in [4.78, 5) is 14.6. The number of benzene rings is 1. The van der Waals surface area contributed by atoms with Gasteiger partial charge in [-0.15, -0.1) is 0 Å². The zero-order valence-electron chi connectivity index (χ0n) is 16.8. The summed E-state index contributed by atoms with van der Waals surface area (Å²) in [6, 6.07) is 4.47. The van der Waals surface area contributed by atoms with E-state index in [1.54, 1.807) is 14.0 Å². The minimum Gasteiger partial charge on any atom is -0.455 e. The van der Waals surface area contributed by atoms with Crippen LogP contribution in [0.15, 0.2) is 38.7 Å². The van der Waals surface area contributed by atoms with Gasteiger partial charge < -0.3 is 14.5 Å². The van der Waals surface area contributed by atoms with Gasteiger partial charge in [-0.1, -0.05) is 0 Å². The third-order valence-electron chi connectivity index (χ3n) is 4.77. The van der Waals surface area contributed by atoms with E-state index in [4.69, 9.17) is 9.15 Å². The molecule has 3 rings (SSSR count). The summed E-state index contributed by atoms with van der Waals surface area (Å²) in [6.07, 6.45) is 2.57. The second kappa shape index (κ2) is 9.40. The van der Waals surface area contributed by atoms with E-state index in [1.807, 2.05) is 0 Å². The van der Waals surface area contributed by atoms with Crippen LogP contribution in [0.2, 0.25) is 0 Å². The van der Waals surface area contributed by atoms with Gasteiger partial charge in [-0.2, -0.15) is 18.4 Å². The van der Waals surface area contributed by atoms with Gasteiger partial charge in [-0.05, 0) is 50.5 Å². The van der Waals surface area contributed by atoms with Crippen LogP contribution in [0.5, 0.6) is 0 Å². The maximum Gasteiger partial charge on any atom is 0.287 e. The molecule has 8 nitrogen and oxygen atoms in total. The van der Waals surface area contributed by atoms with Crippen LogP contribution in [-0.4, -0.2) is 40.3 Å². The van der Waals surface area contributed by atoms with Crippen molar-refractivity contribution in [3.8, 4) is 0 Å². The first-order valence-electron chi connectivity index (χ1n) is 9.57. The average molecular weight is 437 g/mol. The quantitative estimate of drug-likeness (QED) is 0.487. The number of fused-ring (bicyclic) bond motifs is 1. The third-order valence-corrected chi connectivity index (χ3v) is 5.99. The molecule has 1 heterocycles. The zero-order valence-corrected chi connectivity index (χ0v) is 17.6. The second-order valence-corrected chi connectivity index (χ2v) is 8.58. The van der Waals surface area contributed by atoms with Gasteiger partial charge >= 0.3 is 0 Å². The SMILES string of the molecule is COCCCNC(=O)c1oc2c(c1C)/C(=N/NS(=O)(=O)c1ccc(F)cc1)CCC2. The first kappa shape index (κ1) is 22.0. The number of nitrogens with zero attached hydrogens (tertiary/aromatic N) is 1. The number of furan rings is 1. The van der Waals surface area contributed by atoms with Gasteiger partial charge in [0.2, 0.25) is 0 Å². The van der Waals surface area contributed by atoms with Gasteiger partial charge in [0, 0.05) is 37.8 Å². The monoisotopic (exact) mass is 437 g/mol. The van der Waals surface area contributed by atoms with E-state index in [0.717, 1.165) is 12.1 Å². The Labute approximate surface area is 174 Å². The van der Waals surface area contributed by atoms with E-state index in [2.05, 4.69) is 15.2 Å². The summed E-state index contributed by atoms with van der Waals surface area (Å²) in [7, 11) is -2.35. The number of hydrazone groups is 1. The summed E-state index contributed by atoms with van der Waals surface area (Å²) in [6.45, 7) is 2.75. The molecule has 1 aromatic heterocycles. The third kappa shape index (κ3) is 4.88. The number of sulfonamides is 1. The fraction of sp³-hybridized carbons (Fsp3) is 0.400.